The highest BCUT2D eigenvalue weighted by Gasteiger charge is 2.36. The highest BCUT2D eigenvalue weighted by atomic mass is 32.1. The number of aryl methyl sites for hydroxylation is 1. The van der Waals surface area contributed by atoms with Crippen molar-refractivity contribution in [3.63, 3.8) is 0 Å². The van der Waals surface area contributed by atoms with Crippen molar-refractivity contribution in [1.29, 1.82) is 0 Å². The molecule has 3 rings (SSSR count). The second-order valence-electron chi connectivity index (χ2n) is 6.75. The van der Waals surface area contributed by atoms with Crippen molar-refractivity contribution in [2.75, 3.05) is 25.6 Å². The predicted molar refractivity (Wildman–Crippen MR) is 108 cm³/mol. The Bertz CT molecular complexity index is 867. The van der Waals surface area contributed by atoms with E-state index in [2.05, 4.69) is 10.3 Å². The number of thiazole rings is 1. The molecule has 0 radical (unpaired) electrons. The molecule has 1 aromatic carbocycles. The van der Waals surface area contributed by atoms with Gasteiger partial charge in [0, 0.05) is 24.3 Å². The van der Waals surface area contributed by atoms with Gasteiger partial charge in [-0.1, -0.05) is 6.07 Å². The Morgan fingerprint density at radius 2 is 2.21 bits per heavy atom. The summed E-state index contributed by atoms with van der Waals surface area (Å²) >= 11 is 1.37. The number of likely N-dealkylation sites (tertiary alicyclic amines) is 1. The van der Waals surface area contributed by atoms with E-state index in [0.29, 0.717) is 36.2 Å². The van der Waals surface area contributed by atoms with Crippen LogP contribution in [0.1, 0.15) is 37.4 Å². The lowest BCUT2D eigenvalue weighted by atomic mass is 9.98. The molecule has 0 spiro atoms. The fourth-order valence-corrected chi connectivity index (χ4v) is 4.00. The van der Waals surface area contributed by atoms with E-state index in [9.17, 15) is 9.59 Å². The van der Waals surface area contributed by atoms with Gasteiger partial charge in [-0.2, -0.15) is 0 Å². The van der Waals surface area contributed by atoms with Gasteiger partial charge in [0.15, 0.2) is 16.6 Å². The Morgan fingerprint density at radius 3 is 2.86 bits per heavy atom. The molecule has 1 aliphatic heterocycles. The molecule has 7 nitrogen and oxygen atoms in total. The monoisotopic (exact) mass is 403 g/mol. The quantitative estimate of drug-likeness (QED) is 0.768. The third kappa shape index (κ3) is 4.27. The topological polar surface area (TPSA) is 80.8 Å². The van der Waals surface area contributed by atoms with Crippen molar-refractivity contribution >= 4 is 28.3 Å². The zero-order chi connectivity index (χ0) is 20.3. The lowest BCUT2D eigenvalue weighted by Crippen LogP contribution is -2.42. The molecular formula is C20H25N3O4S. The van der Waals surface area contributed by atoms with Gasteiger partial charge in [0.25, 0.3) is 0 Å². The van der Waals surface area contributed by atoms with Crippen LogP contribution in [-0.2, 0) is 9.59 Å². The van der Waals surface area contributed by atoms with Crippen LogP contribution in [0.3, 0.4) is 0 Å². The summed E-state index contributed by atoms with van der Waals surface area (Å²) in [5, 5.41) is 5.22. The van der Waals surface area contributed by atoms with Crippen molar-refractivity contribution in [1.82, 2.24) is 9.88 Å². The maximum Gasteiger partial charge on any atom is 0.248 e. The standard InChI is InChI=1S/C20H25N3O4S/c1-5-27-17-8-14(6-7-16(17)26-4)15-9-18(24)23(10-15)13(3)19(25)22-20-21-12(2)11-28-20/h6-8,11,13,15H,5,9-10H2,1-4H3,(H,21,22,25)/t13-,15+/m0/s1. The van der Waals surface area contributed by atoms with Gasteiger partial charge in [0.2, 0.25) is 11.8 Å². The van der Waals surface area contributed by atoms with Crippen LogP contribution in [0.15, 0.2) is 23.6 Å². The number of hydrogen-bond donors (Lipinski definition) is 1. The first-order valence-corrected chi connectivity index (χ1v) is 10.1. The van der Waals surface area contributed by atoms with Crippen LogP contribution >= 0.6 is 11.3 Å². The number of nitrogens with one attached hydrogen (secondary N) is 1. The molecule has 0 unspecified atom stereocenters. The fourth-order valence-electron chi connectivity index (χ4n) is 3.31. The Kier molecular flexibility index (Phi) is 6.18. The van der Waals surface area contributed by atoms with E-state index >= 15 is 0 Å². The lowest BCUT2D eigenvalue weighted by Gasteiger charge is -2.23. The fraction of sp³-hybridized carbons (Fsp3) is 0.450. The SMILES string of the molecule is CCOc1cc([C@@H]2CC(=O)N([C@@H](C)C(=O)Nc3nc(C)cs3)C2)ccc1OC. The van der Waals surface area contributed by atoms with Crippen molar-refractivity contribution in [3.05, 3.63) is 34.8 Å². The van der Waals surface area contributed by atoms with Crippen molar-refractivity contribution in [3.8, 4) is 11.5 Å². The molecule has 2 heterocycles. The Hall–Kier alpha value is -2.61. The van der Waals surface area contributed by atoms with Crippen molar-refractivity contribution in [2.45, 2.75) is 39.2 Å². The van der Waals surface area contributed by atoms with Gasteiger partial charge in [-0.05, 0) is 38.5 Å². The number of aromatic nitrogens is 1. The highest BCUT2D eigenvalue weighted by Crippen LogP contribution is 2.35. The van der Waals surface area contributed by atoms with E-state index in [1.807, 2.05) is 37.4 Å². The molecule has 150 valence electrons. The molecule has 2 amide bonds. The molecular weight excluding hydrogens is 378 g/mol. The summed E-state index contributed by atoms with van der Waals surface area (Å²) in [7, 11) is 1.60. The van der Waals surface area contributed by atoms with Crippen molar-refractivity contribution in [2.24, 2.45) is 0 Å². The molecule has 1 saturated heterocycles. The van der Waals surface area contributed by atoms with Gasteiger partial charge in [0.05, 0.1) is 19.4 Å². The molecule has 8 heteroatoms. The first-order chi connectivity index (χ1) is 13.4. The normalized spacial score (nSPS) is 17.5. The molecule has 28 heavy (non-hydrogen) atoms. The van der Waals surface area contributed by atoms with Gasteiger partial charge in [-0.25, -0.2) is 4.98 Å². The minimum Gasteiger partial charge on any atom is -0.493 e. The molecule has 1 aliphatic rings. The lowest BCUT2D eigenvalue weighted by molar-refractivity contribution is -0.134. The van der Waals surface area contributed by atoms with E-state index < -0.39 is 6.04 Å². The van der Waals surface area contributed by atoms with Crippen molar-refractivity contribution < 1.29 is 19.1 Å². The van der Waals surface area contributed by atoms with Crippen LogP contribution in [0.2, 0.25) is 0 Å². The second-order valence-corrected chi connectivity index (χ2v) is 7.61. The van der Waals surface area contributed by atoms with E-state index in [1.54, 1.807) is 18.9 Å². The second kappa shape index (κ2) is 8.60. The summed E-state index contributed by atoms with van der Waals surface area (Å²) < 4.78 is 11.0. The molecule has 0 saturated carbocycles. The minimum atomic E-state index is -0.564. The largest absolute Gasteiger partial charge is 0.493 e. The average Bonchev–Trinajstić information content (AvgIpc) is 3.26. The maximum atomic E-state index is 12.6. The number of amides is 2. The molecule has 1 N–H and O–H groups in total. The molecule has 0 bridgehead atoms. The summed E-state index contributed by atoms with van der Waals surface area (Å²) in [4.78, 5) is 31.0. The zero-order valence-corrected chi connectivity index (χ0v) is 17.3. The number of ether oxygens (including phenoxy) is 2. The van der Waals surface area contributed by atoms with Gasteiger partial charge in [-0.15, -0.1) is 11.3 Å². The number of nitrogens with zero attached hydrogens (tertiary/aromatic N) is 2. The molecule has 0 aliphatic carbocycles. The summed E-state index contributed by atoms with van der Waals surface area (Å²) in [6, 6.07) is 5.17. The average molecular weight is 404 g/mol. The van der Waals surface area contributed by atoms with Crippen LogP contribution in [0, 0.1) is 6.92 Å². The van der Waals surface area contributed by atoms with Crippen LogP contribution in [0.5, 0.6) is 11.5 Å². The van der Waals surface area contributed by atoms with E-state index in [4.69, 9.17) is 9.47 Å². The summed E-state index contributed by atoms with van der Waals surface area (Å²) in [6.07, 6.45) is 0.367. The van der Waals surface area contributed by atoms with Gasteiger partial charge in [0.1, 0.15) is 6.04 Å². The number of benzene rings is 1. The van der Waals surface area contributed by atoms with Gasteiger partial charge in [-0.3, -0.25) is 9.59 Å². The van der Waals surface area contributed by atoms with Crippen LogP contribution in [0.25, 0.3) is 0 Å². The summed E-state index contributed by atoms with van der Waals surface area (Å²) in [5.74, 6) is 1.08. The minimum absolute atomic E-state index is 0.00923. The first-order valence-electron chi connectivity index (χ1n) is 9.26. The number of hydrogen-bond acceptors (Lipinski definition) is 6. The zero-order valence-electron chi connectivity index (χ0n) is 16.5. The van der Waals surface area contributed by atoms with Gasteiger partial charge >= 0.3 is 0 Å². The smallest absolute Gasteiger partial charge is 0.248 e. The van der Waals surface area contributed by atoms with E-state index in [-0.39, 0.29) is 17.7 Å². The molecule has 1 aromatic heterocycles. The van der Waals surface area contributed by atoms with E-state index in [0.717, 1.165) is 11.3 Å². The van der Waals surface area contributed by atoms with Crippen LogP contribution in [-0.4, -0.2) is 48.0 Å². The van der Waals surface area contributed by atoms with Crippen LogP contribution < -0.4 is 14.8 Å². The number of methoxy groups -OCH3 is 1. The maximum absolute atomic E-state index is 12.6. The third-order valence-electron chi connectivity index (χ3n) is 4.81. The Balaban J connectivity index is 1.70. The third-order valence-corrected chi connectivity index (χ3v) is 5.69. The predicted octanol–water partition coefficient (Wildman–Crippen LogP) is 3.20. The first kappa shape index (κ1) is 20.1. The Labute approximate surface area is 168 Å². The van der Waals surface area contributed by atoms with Crippen LogP contribution in [0.4, 0.5) is 5.13 Å². The van der Waals surface area contributed by atoms with E-state index in [1.165, 1.54) is 11.3 Å². The molecule has 1 fully saturated rings. The number of rotatable bonds is 7. The molecule has 2 aromatic rings. The highest BCUT2D eigenvalue weighted by molar-refractivity contribution is 7.13. The Morgan fingerprint density at radius 1 is 1.43 bits per heavy atom. The van der Waals surface area contributed by atoms with Gasteiger partial charge < -0.3 is 19.7 Å². The summed E-state index contributed by atoms with van der Waals surface area (Å²) in [6.45, 7) is 6.55. The number of carbonyl (C=O) groups is 2. The number of anilines is 1. The molecule has 2 atom stereocenters. The summed E-state index contributed by atoms with van der Waals surface area (Å²) in [5.41, 5.74) is 1.86. The number of carbonyl (C=O) groups excluding carboxylic acids is 2.